The molecular weight excluding hydrogens is 329 g/mol. The van der Waals surface area contributed by atoms with Crippen LogP contribution in [0.2, 0.25) is 0 Å². The molecule has 25 heavy (non-hydrogen) atoms. The second kappa shape index (κ2) is 7.60. The van der Waals surface area contributed by atoms with E-state index in [1.165, 1.54) is 13.3 Å². The van der Waals surface area contributed by atoms with Gasteiger partial charge in [-0.25, -0.2) is 14.2 Å². The summed E-state index contributed by atoms with van der Waals surface area (Å²) in [6, 6.07) is 3.26. The van der Waals surface area contributed by atoms with E-state index in [0.717, 1.165) is 6.42 Å². The minimum Gasteiger partial charge on any atom is -0.481 e. The predicted molar refractivity (Wildman–Crippen MR) is 88.3 cm³/mol. The van der Waals surface area contributed by atoms with Gasteiger partial charge in [0.15, 0.2) is 0 Å². The molecule has 0 aliphatic carbocycles. The zero-order chi connectivity index (χ0) is 17.8. The third kappa shape index (κ3) is 4.14. The van der Waals surface area contributed by atoms with E-state index >= 15 is 0 Å². The first kappa shape index (κ1) is 17.3. The molecule has 134 valence electrons. The Balaban J connectivity index is 1.67. The summed E-state index contributed by atoms with van der Waals surface area (Å²) in [7, 11) is 1.51. The summed E-state index contributed by atoms with van der Waals surface area (Å²) in [4.78, 5) is 19.0. The lowest BCUT2D eigenvalue weighted by Crippen LogP contribution is -2.42. The number of hydrogen-bond donors (Lipinski definition) is 2. The highest BCUT2D eigenvalue weighted by atomic mass is 19.1. The van der Waals surface area contributed by atoms with Crippen molar-refractivity contribution in [2.45, 2.75) is 37.8 Å². The van der Waals surface area contributed by atoms with E-state index in [9.17, 15) is 9.18 Å². The minimum absolute atomic E-state index is 0.0277. The Morgan fingerprint density at radius 3 is 3.00 bits per heavy atom. The molecule has 1 aliphatic heterocycles. The first-order valence-corrected chi connectivity index (χ1v) is 8.16. The third-order valence-electron chi connectivity index (χ3n) is 4.36. The van der Waals surface area contributed by atoms with Gasteiger partial charge >= 0.3 is 6.09 Å². The maximum absolute atomic E-state index is 14.3. The van der Waals surface area contributed by atoms with E-state index in [1.807, 2.05) is 0 Å². The summed E-state index contributed by atoms with van der Waals surface area (Å²) in [5.41, 5.74) is 1.62. The van der Waals surface area contributed by atoms with Gasteiger partial charge in [0.05, 0.1) is 43.1 Å². The Labute approximate surface area is 144 Å². The number of pyridine rings is 2. The van der Waals surface area contributed by atoms with Crippen LogP contribution in [-0.2, 0) is 11.2 Å². The molecule has 7 nitrogen and oxygen atoms in total. The second-order valence-electron chi connectivity index (χ2n) is 6.02. The van der Waals surface area contributed by atoms with Gasteiger partial charge in [-0.3, -0.25) is 4.98 Å². The largest absolute Gasteiger partial charge is 0.481 e. The van der Waals surface area contributed by atoms with Crippen molar-refractivity contribution in [1.29, 1.82) is 0 Å². The first-order chi connectivity index (χ1) is 12.1. The van der Waals surface area contributed by atoms with Crippen molar-refractivity contribution in [2.24, 2.45) is 0 Å². The molecule has 0 aromatic carbocycles. The average Bonchev–Trinajstić information content (AvgIpc) is 2.61. The minimum atomic E-state index is -1.04. The molecule has 1 aliphatic rings. The quantitative estimate of drug-likeness (QED) is 0.861. The standard InChI is InChI=1S/C17H20FN3O4/c1-24-15-7-6-14-16(21-15)12(13(18)8-19-14)5-4-11-3-2-10(9-25-11)20-17(22)23/h6-8,10-11,20H,2-5,9H2,1H3,(H,22,23)/t10-,11+/m1/s1. The highest BCUT2D eigenvalue weighted by molar-refractivity contribution is 5.78. The molecule has 2 N–H and O–H groups in total. The second-order valence-corrected chi connectivity index (χ2v) is 6.02. The summed E-state index contributed by atoms with van der Waals surface area (Å²) in [6.07, 6.45) is 2.67. The fraction of sp³-hybridized carbons (Fsp3) is 0.471. The van der Waals surface area contributed by atoms with Crippen LogP contribution < -0.4 is 10.1 Å². The molecule has 0 bridgehead atoms. The van der Waals surface area contributed by atoms with Crippen molar-refractivity contribution >= 4 is 17.1 Å². The average molecular weight is 349 g/mol. The molecule has 0 saturated carbocycles. The van der Waals surface area contributed by atoms with E-state index in [4.69, 9.17) is 14.6 Å². The zero-order valence-corrected chi connectivity index (χ0v) is 13.9. The number of aromatic nitrogens is 2. The van der Waals surface area contributed by atoms with E-state index in [1.54, 1.807) is 12.1 Å². The summed E-state index contributed by atoms with van der Waals surface area (Å²) in [6.45, 7) is 0.336. The SMILES string of the molecule is COc1ccc2ncc(F)c(CC[C@@H]3CC[C@@H](NC(=O)O)CO3)c2n1. The summed E-state index contributed by atoms with van der Waals surface area (Å²) >= 11 is 0. The zero-order valence-electron chi connectivity index (χ0n) is 13.9. The highest BCUT2D eigenvalue weighted by Crippen LogP contribution is 2.24. The molecule has 8 heteroatoms. The summed E-state index contributed by atoms with van der Waals surface area (Å²) in [5.74, 6) is 0.0205. The maximum atomic E-state index is 14.3. The Bertz CT molecular complexity index is 763. The first-order valence-electron chi connectivity index (χ1n) is 8.16. The van der Waals surface area contributed by atoms with Crippen molar-refractivity contribution in [3.63, 3.8) is 0 Å². The number of rotatable bonds is 5. The molecule has 0 radical (unpaired) electrons. The number of nitrogens with zero attached hydrogens (tertiary/aromatic N) is 2. The Kier molecular flexibility index (Phi) is 5.28. The van der Waals surface area contributed by atoms with Crippen molar-refractivity contribution < 1.29 is 23.8 Å². The summed E-state index contributed by atoms with van der Waals surface area (Å²) in [5, 5.41) is 11.1. The van der Waals surface area contributed by atoms with Gasteiger partial charge in [-0.15, -0.1) is 0 Å². The lowest BCUT2D eigenvalue weighted by molar-refractivity contribution is -0.00576. The van der Waals surface area contributed by atoms with Gasteiger partial charge < -0.3 is 19.9 Å². The fourth-order valence-corrected chi connectivity index (χ4v) is 3.06. The molecule has 0 unspecified atom stereocenters. The van der Waals surface area contributed by atoms with Gasteiger partial charge in [0, 0.05) is 11.6 Å². The van der Waals surface area contributed by atoms with Crippen LogP contribution in [0, 0.1) is 5.82 Å². The molecule has 3 heterocycles. The van der Waals surface area contributed by atoms with Crippen LogP contribution >= 0.6 is 0 Å². The van der Waals surface area contributed by atoms with Crippen LogP contribution in [0.1, 0.15) is 24.8 Å². The monoisotopic (exact) mass is 349 g/mol. The number of carbonyl (C=O) groups is 1. The van der Waals surface area contributed by atoms with Crippen molar-refractivity contribution in [3.05, 3.63) is 29.7 Å². The summed E-state index contributed by atoms with van der Waals surface area (Å²) < 4.78 is 25.1. The van der Waals surface area contributed by atoms with Crippen molar-refractivity contribution in [3.8, 4) is 5.88 Å². The number of fused-ring (bicyclic) bond motifs is 1. The normalized spacial score (nSPS) is 20.4. The molecule has 3 rings (SSSR count). The predicted octanol–water partition coefficient (Wildman–Crippen LogP) is 2.53. The third-order valence-corrected chi connectivity index (χ3v) is 4.36. The molecule has 2 aromatic heterocycles. The van der Waals surface area contributed by atoms with Gasteiger partial charge in [0.1, 0.15) is 5.82 Å². The van der Waals surface area contributed by atoms with Crippen LogP contribution in [0.15, 0.2) is 18.3 Å². The van der Waals surface area contributed by atoms with Gasteiger partial charge in [-0.1, -0.05) is 0 Å². The van der Waals surface area contributed by atoms with Crippen LogP contribution in [0.25, 0.3) is 11.0 Å². The van der Waals surface area contributed by atoms with Gasteiger partial charge in [0.2, 0.25) is 5.88 Å². The molecule has 2 aromatic rings. The Morgan fingerprint density at radius 2 is 2.32 bits per heavy atom. The van der Waals surface area contributed by atoms with E-state index in [2.05, 4.69) is 15.3 Å². The van der Waals surface area contributed by atoms with Crippen LogP contribution in [0.3, 0.4) is 0 Å². The van der Waals surface area contributed by atoms with E-state index < -0.39 is 11.9 Å². The topological polar surface area (TPSA) is 93.6 Å². The van der Waals surface area contributed by atoms with E-state index in [0.29, 0.717) is 48.3 Å². The number of methoxy groups -OCH3 is 1. The van der Waals surface area contributed by atoms with E-state index in [-0.39, 0.29) is 12.1 Å². The lowest BCUT2D eigenvalue weighted by Gasteiger charge is -2.29. The number of nitrogens with one attached hydrogen (secondary N) is 1. The molecular formula is C17H20FN3O4. The Morgan fingerprint density at radius 1 is 1.48 bits per heavy atom. The van der Waals surface area contributed by atoms with Crippen LogP contribution in [-0.4, -0.2) is 47.0 Å². The number of ether oxygens (including phenoxy) is 2. The van der Waals surface area contributed by atoms with Gasteiger partial charge in [-0.2, -0.15) is 0 Å². The molecule has 2 atom stereocenters. The molecule has 1 saturated heterocycles. The lowest BCUT2D eigenvalue weighted by atomic mass is 9.98. The number of carboxylic acid groups (broad SMARTS) is 1. The molecule has 1 fully saturated rings. The van der Waals surface area contributed by atoms with Gasteiger partial charge in [-0.05, 0) is 31.7 Å². The van der Waals surface area contributed by atoms with Crippen molar-refractivity contribution in [1.82, 2.24) is 15.3 Å². The maximum Gasteiger partial charge on any atom is 0.404 e. The molecule has 0 spiro atoms. The smallest absolute Gasteiger partial charge is 0.404 e. The number of hydrogen-bond acceptors (Lipinski definition) is 5. The fourth-order valence-electron chi connectivity index (χ4n) is 3.06. The Hall–Kier alpha value is -2.48. The van der Waals surface area contributed by atoms with Crippen LogP contribution in [0.4, 0.5) is 9.18 Å². The van der Waals surface area contributed by atoms with Gasteiger partial charge in [0.25, 0.3) is 0 Å². The molecule has 1 amide bonds. The number of halogens is 1. The van der Waals surface area contributed by atoms with Crippen LogP contribution in [0.5, 0.6) is 5.88 Å². The van der Waals surface area contributed by atoms with Crippen molar-refractivity contribution in [2.75, 3.05) is 13.7 Å². The number of aryl methyl sites for hydroxylation is 1. The highest BCUT2D eigenvalue weighted by Gasteiger charge is 2.23. The number of amides is 1.